The third-order valence-corrected chi connectivity index (χ3v) is 4.12. The van der Waals surface area contributed by atoms with E-state index in [0.717, 1.165) is 18.4 Å². The highest BCUT2D eigenvalue weighted by atomic mass is 16.6. The topological polar surface area (TPSA) is 94.7 Å². The van der Waals surface area contributed by atoms with E-state index in [1.807, 2.05) is 6.07 Å². The van der Waals surface area contributed by atoms with Gasteiger partial charge in [-0.1, -0.05) is 0 Å². The highest BCUT2D eigenvalue weighted by molar-refractivity contribution is 5.66. The van der Waals surface area contributed by atoms with Gasteiger partial charge in [-0.05, 0) is 24.8 Å². The number of carbonyl (C=O) groups is 1. The van der Waals surface area contributed by atoms with Crippen molar-refractivity contribution in [2.45, 2.75) is 50.6 Å². The van der Waals surface area contributed by atoms with Crippen molar-refractivity contribution in [3.05, 3.63) is 24.0 Å². The first-order chi connectivity index (χ1) is 10.1. The maximum absolute atomic E-state index is 11.3. The molecule has 21 heavy (non-hydrogen) atoms. The molecule has 1 aliphatic carbocycles. The first-order valence-corrected chi connectivity index (χ1v) is 7.26. The molecule has 0 radical (unpaired) electrons. The summed E-state index contributed by atoms with van der Waals surface area (Å²) in [7, 11) is 0. The summed E-state index contributed by atoms with van der Waals surface area (Å²) in [5, 5.41) is 10.4. The Kier molecular flexibility index (Phi) is 3.82. The zero-order valence-corrected chi connectivity index (χ0v) is 11.9. The van der Waals surface area contributed by atoms with Crippen LogP contribution < -0.4 is 5.73 Å². The Hall–Kier alpha value is -1.66. The van der Waals surface area contributed by atoms with E-state index in [1.165, 1.54) is 6.92 Å². The van der Waals surface area contributed by atoms with Crippen LogP contribution in [0.4, 0.5) is 5.69 Å². The van der Waals surface area contributed by atoms with Crippen LogP contribution in [-0.2, 0) is 14.3 Å². The maximum Gasteiger partial charge on any atom is 0.302 e. The zero-order chi connectivity index (χ0) is 15.0. The lowest BCUT2D eigenvalue weighted by molar-refractivity contribution is -0.196. The molecule has 0 aromatic carbocycles. The fraction of sp³-hybridized carbons (Fsp3) is 0.600. The van der Waals surface area contributed by atoms with Gasteiger partial charge in [-0.3, -0.25) is 9.78 Å². The monoisotopic (exact) mass is 292 g/mol. The highest BCUT2D eigenvalue weighted by Crippen LogP contribution is 2.44. The lowest BCUT2D eigenvalue weighted by Crippen LogP contribution is -2.48. The fourth-order valence-corrected chi connectivity index (χ4v) is 2.94. The minimum atomic E-state index is -0.777. The van der Waals surface area contributed by atoms with Gasteiger partial charge in [-0.25, -0.2) is 0 Å². The van der Waals surface area contributed by atoms with Crippen molar-refractivity contribution in [3.63, 3.8) is 0 Å². The number of rotatable bonds is 3. The van der Waals surface area contributed by atoms with Crippen molar-refractivity contribution in [2.24, 2.45) is 5.92 Å². The van der Waals surface area contributed by atoms with Crippen LogP contribution in [0.25, 0.3) is 0 Å². The molecule has 2 heterocycles. The molecule has 0 unspecified atom stereocenters. The van der Waals surface area contributed by atoms with Crippen LogP contribution in [0.5, 0.6) is 0 Å². The van der Waals surface area contributed by atoms with Crippen molar-refractivity contribution < 1.29 is 19.4 Å². The third-order valence-electron chi connectivity index (χ3n) is 4.12. The molecular formula is C15H20N2O4. The summed E-state index contributed by atoms with van der Waals surface area (Å²) < 4.78 is 11.3. The predicted octanol–water partition coefficient (Wildman–Crippen LogP) is 1.20. The number of hydrogen-bond acceptors (Lipinski definition) is 6. The quantitative estimate of drug-likeness (QED) is 0.813. The number of carbonyl (C=O) groups excluding carboxylic acids is 1. The molecule has 1 aromatic rings. The fourth-order valence-electron chi connectivity index (χ4n) is 2.94. The molecule has 1 aromatic heterocycles. The summed E-state index contributed by atoms with van der Waals surface area (Å²) in [5.74, 6) is -0.0548. The van der Waals surface area contributed by atoms with E-state index in [4.69, 9.17) is 15.2 Å². The van der Waals surface area contributed by atoms with E-state index in [9.17, 15) is 9.90 Å². The summed E-state index contributed by atoms with van der Waals surface area (Å²) in [6, 6.07) is 1.81. The molecule has 0 spiro atoms. The van der Waals surface area contributed by atoms with Crippen molar-refractivity contribution >= 4 is 11.7 Å². The summed E-state index contributed by atoms with van der Waals surface area (Å²) in [4.78, 5) is 15.2. The molecule has 1 aliphatic heterocycles. The second kappa shape index (κ2) is 5.61. The van der Waals surface area contributed by atoms with Crippen molar-refractivity contribution in [3.8, 4) is 0 Å². The molecule has 4 atom stereocenters. The molecule has 3 N–H and O–H groups in total. The van der Waals surface area contributed by atoms with Crippen LogP contribution in [0.1, 0.15) is 37.9 Å². The molecule has 2 aliphatic rings. The number of hydrogen-bond donors (Lipinski definition) is 2. The van der Waals surface area contributed by atoms with Crippen LogP contribution in [0.15, 0.2) is 18.5 Å². The summed E-state index contributed by atoms with van der Waals surface area (Å²) in [5.41, 5.74) is 7.34. The summed E-state index contributed by atoms with van der Waals surface area (Å²) >= 11 is 0. The van der Waals surface area contributed by atoms with E-state index in [1.54, 1.807) is 12.4 Å². The van der Waals surface area contributed by atoms with E-state index in [-0.39, 0.29) is 12.2 Å². The van der Waals surface area contributed by atoms with Gasteiger partial charge in [0.1, 0.15) is 12.2 Å². The standard InChI is InChI=1S/C15H20N2O4/c1-8(18)20-13-6-12(10-4-5-17-7-11(10)16)21-15(14(13)19)9-2-3-9/h4-5,7,9,12-15,19H,2-3,6,16H2,1H3/t12-,13-,14+,15-/m1/s1. The highest BCUT2D eigenvalue weighted by Gasteiger charge is 2.47. The van der Waals surface area contributed by atoms with Gasteiger partial charge in [-0.2, -0.15) is 0 Å². The van der Waals surface area contributed by atoms with Crippen molar-refractivity contribution in [1.82, 2.24) is 4.98 Å². The largest absolute Gasteiger partial charge is 0.460 e. The van der Waals surface area contributed by atoms with E-state index in [2.05, 4.69) is 4.98 Å². The van der Waals surface area contributed by atoms with Crippen LogP contribution in [-0.4, -0.2) is 34.4 Å². The third kappa shape index (κ3) is 3.01. The number of esters is 1. The Morgan fingerprint density at radius 2 is 2.29 bits per heavy atom. The number of aliphatic hydroxyl groups is 1. The average Bonchev–Trinajstić information content (AvgIpc) is 3.26. The molecular weight excluding hydrogens is 272 g/mol. The lowest BCUT2D eigenvalue weighted by atomic mass is 9.91. The number of pyridine rings is 1. The lowest BCUT2D eigenvalue weighted by Gasteiger charge is -2.39. The normalized spacial score (nSPS) is 32.7. The molecule has 114 valence electrons. The maximum atomic E-state index is 11.3. The molecule has 1 saturated carbocycles. The zero-order valence-electron chi connectivity index (χ0n) is 11.9. The second-order valence-corrected chi connectivity index (χ2v) is 5.81. The van der Waals surface area contributed by atoms with Crippen LogP contribution in [0, 0.1) is 5.92 Å². The van der Waals surface area contributed by atoms with E-state index in [0.29, 0.717) is 18.0 Å². The number of nitrogens with zero attached hydrogens (tertiary/aromatic N) is 1. The van der Waals surface area contributed by atoms with Crippen LogP contribution >= 0.6 is 0 Å². The number of aromatic nitrogens is 1. The first kappa shape index (κ1) is 14.3. The molecule has 0 bridgehead atoms. The molecule has 3 rings (SSSR count). The van der Waals surface area contributed by atoms with E-state index < -0.39 is 18.2 Å². The number of nitrogen functional groups attached to an aromatic ring is 1. The van der Waals surface area contributed by atoms with Gasteiger partial charge in [0.25, 0.3) is 0 Å². The number of anilines is 1. The smallest absolute Gasteiger partial charge is 0.302 e. The second-order valence-electron chi connectivity index (χ2n) is 5.81. The summed E-state index contributed by atoms with van der Waals surface area (Å²) in [6.07, 6.45) is 3.79. The average molecular weight is 292 g/mol. The molecule has 1 saturated heterocycles. The minimum absolute atomic E-state index is 0.286. The number of nitrogens with two attached hydrogens (primary N) is 1. The first-order valence-electron chi connectivity index (χ1n) is 7.26. The van der Waals surface area contributed by atoms with Crippen LogP contribution in [0.2, 0.25) is 0 Å². The minimum Gasteiger partial charge on any atom is -0.460 e. The Morgan fingerprint density at radius 1 is 1.52 bits per heavy atom. The molecule has 6 nitrogen and oxygen atoms in total. The van der Waals surface area contributed by atoms with Gasteiger partial charge in [0.05, 0.1) is 24.1 Å². The Labute approximate surface area is 123 Å². The van der Waals surface area contributed by atoms with Gasteiger partial charge in [-0.15, -0.1) is 0 Å². The molecule has 0 amide bonds. The molecule has 6 heteroatoms. The SMILES string of the molecule is CC(=O)O[C@@H]1C[C@H](c2ccncc2N)O[C@H](C2CC2)[C@H]1O. The number of ether oxygens (including phenoxy) is 2. The van der Waals surface area contributed by atoms with Gasteiger partial charge < -0.3 is 20.3 Å². The van der Waals surface area contributed by atoms with E-state index >= 15 is 0 Å². The van der Waals surface area contributed by atoms with Gasteiger partial charge in [0, 0.05) is 25.1 Å². The Morgan fingerprint density at radius 3 is 2.90 bits per heavy atom. The predicted molar refractivity (Wildman–Crippen MR) is 75.2 cm³/mol. The Balaban J connectivity index is 1.84. The van der Waals surface area contributed by atoms with Crippen molar-refractivity contribution in [2.75, 3.05) is 5.73 Å². The molecule has 2 fully saturated rings. The number of aliphatic hydroxyl groups excluding tert-OH is 1. The Bertz CT molecular complexity index is 532. The van der Waals surface area contributed by atoms with Gasteiger partial charge >= 0.3 is 5.97 Å². The van der Waals surface area contributed by atoms with Gasteiger partial charge in [0.2, 0.25) is 0 Å². The van der Waals surface area contributed by atoms with Crippen molar-refractivity contribution in [1.29, 1.82) is 0 Å². The summed E-state index contributed by atoms with van der Waals surface area (Å²) in [6.45, 7) is 1.35. The van der Waals surface area contributed by atoms with Gasteiger partial charge in [0.15, 0.2) is 0 Å². The van der Waals surface area contributed by atoms with Crippen LogP contribution in [0.3, 0.4) is 0 Å².